The molecule has 0 unspecified atom stereocenters. The van der Waals surface area contributed by atoms with Crippen molar-refractivity contribution in [2.24, 2.45) is 0 Å². The maximum atomic E-state index is 13.4. The molecule has 0 atom stereocenters. The van der Waals surface area contributed by atoms with Gasteiger partial charge in [-0.05, 0) is 19.1 Å². The Kier molecular flexibility index (Phi) is 5.40. The second kappa shape index (κ2) is 6.64. The van der Waals surface area contributed by atoms with Crippen LogP contribution >= 0.6 is 0 Å². The van der Waals surface area contributed by atoms with Crippen molar-refractivity contribution in [3.63, 3.8) is 0 Å². The van der Waals surface area contributed by atoms with E-state index in [9.17, 15) is 41.3 Å². The molecule has 0 heterocycles. The van der Waals surface area contributed by atoms with Crippen LogP contribution in [0.4, 0.5) is 42.5 Å². The number of rotatable bonds is 5. The molecule has 25 heavy (non-hydrogen) atoms. The number of hydrogen-bond acceptors (Lipinski definition) is 4. The summed E-state index contributed by atoms with van der Waals surface area (Å²) in [6.07, 6.45) is -14.6. The fourth-order valence-electron chi connectivity index (χ4n) is 2.07. The zero-order valence-electron chi connectivity index (χ0n) is 12.4. The smallest absolute Gasteiger partial charge is 0.440 e. The molecular formula is C12H11F6N3O4. The Morgan fingerprint density at radius 1 is 1.16 bits per heavy atom. The molecule has 140 valence electrons. The minimum absolute atomic E-state index is 0.569. The van der Waals surface area contributed by atoms with Crippen molar-refractivity contribution in [3.8, 4) is 0 Å². The minimum atomic E-state index is -6.08. The molecule has 1 aromatic carbocycles. The molecule has 0 fully saturated rings. The van der Waals surface area contributed by atoms with Gasteiger partial charge in [0.1, 0.15) is 0 Å². The van der Waals surface area contributed by atoms with Gasteiger partial charge in [-0.25, -0.2) is 4.79 Å². The third-order valence-electron chi connectivity index (χ3n) is 3.18. The zero-order chi connectivity index (χ0) is 19.6. The summed E-state index contributed by atoms with van der Waals surface area (Å²) in [7, 11) is 0. The molecule has 0 saturated heterocycles. The van der Waals surface area contributed by atoms with Crippen LogP contribution in [-0.2, 0) is 0 Å². The predicted octanol–water partition coefficient (Wildman–Crippen LogP) is 3.83. The van der Waals surface area contributed by atoms with Crippen molar-refractivity contribution in [1.82, 2.24) is 4.90 Å². The SMILES string of the molecule is CCN(C(=O)O)C(Nc1ccc([N+](=O)[O-])cc1)(C(F)(F)F)C(F)(F)F. The van der Waals surface area contributed by atoms with E-state index in [4.69, 9.17) is 5.11 Å². The number of carboxylic acid groups (broad SMARTS) is 1. The van der Waals surface area contributed by atoms with Crippen LogP contribution in [0, 0.1) is 10.1 Å². The summed E-state index contributed by atoms with van der Waals surface area (Å²) in [5.41, 5.74) is -6.31. The average molecular weight is 375 g/mol. The monoisotopic (exact) mass is 375 g/mol. The Bertz CT molecular complexity index is 630. The van der Waals surface area contributed by atoms with Crippen molar-refractivity contribution in [2.45, 2.75) is 24.9 Å². The van der Waals surface area contributed by atoms with Gasteiger partial charge in [-0.15, -0.1) is 0 Å². The van der Waals surface area contributed by atoms with E-state index in [1.807, 2.05) is 0 Å². The lowest BCUT2D eigenvalue weighted by molar-refractivity contribution is -0.384. The summed E-state index contributed by atoms with van der Waals surface area (Å²) in [5.74, 6) is 0. The fraction of sp³-hybridized carbons (Fsp3) is 0.417. The van der Waals surface area contributed by atoms with Crippen LogP contribution in [0.5, 0.6) is 0 Å². The third-order valence-corrected chi connectivity index (χ3v) is 3.18. The van der Waals surface area contributed by atoms with E-state index < -0.39 is 51.9 Å². The van der Waals surface area contributed by atoms with Crippen molar-refractivity contribution in [3.05, 3.63) is 34.4 Å². The summed E-state index contributed by atoms with van der Waals surface area (Å²) in [6.45, 7) is -0.327. The van der Waals surface area contributed by atoms with Gasteiger partial charge < -0.3 is 10.4 Å². The lowest BCUT2D eigenvalue weighted by Gasteiger charge is -2.44. The van der Waals surface area contributed by atoms with Gasteiger partial charge in [0.2, 0.25) is 0 Å². The number of halogens is 6. The third kappa shape index (κ3) is 3.69. The quantitative estimate of drug-likeness (QED) is 0.353. The van der Waals surface area contributed by atoms with Crippen LogP contribution in [0.25, 0.3) is 0 Å². The maximum absolute atomic E-state index is 13.4. The first-order valence-electron chi connectivity index (χ1n) is 6.44. The molecule has 0 saturated carbocycles. The van der Waals surface area contributed by atoms with Crippen LogP contribution in [0.15, 0.2) is 24.3 Å². The van der Waals surface area contributed by atoms with Crippen LogP contribution < -0.4 is 5.32 Å². The number of benzene rings is 1. The first-order chi connectivity index (χ1) is 11.3. The lowest BCUT2D eigenvalue weighted by atomic mass is 10.1. The first-order valence-corrected chi connectivity index (χ1v) is 6.44. The number of anilines is 1. The lowest BCUT2D eigenvalue weighted by Crippen LogP contribution is -2.73. The molecule has 0 bridgehead atoms. The largest absolute Gasteiger partial charge is 0.465 e. The van der Waals surface area contributed by atoms with Crippen LogP contribution in [0.3, 0.4) is 0 Å². The molecule has 0 spiro atoms. The Morgan fingerprint density at radius 2 is 1.60 bits per heavy atom. The number of carbonyl (C=O) groups is 1. The normalized spacial score (nSPS) is 12.6. The summed E-state index contributed by atoms with van der Waals surface area (Å²) in [5, 5.41) is 20.5. The number of nitro groups is 1. The van der Waals surface area contributed by atoms with Gasteiger partial charge in [0.05, 0.1) is 4.92 Å². The van der Waals surface area contributed by atoms with Gasteiger partial charge in [-0.3, -0.25) is 15.0 Å². The number of alkyl halides is 6. The number of amides is 1. The topological polar surface area (TPSA) is 95.7 Å². The van der Waals surface area contributed by atoms with Crippen molar-refractivity contribution in [1.29, 1.82) is 0 Å². The highest BCUT2D eigenvalue weighted by Crippen LogP contribution is 2.47. The Balaban J connectivity index is 3.54. The number of nitrogens with zero attached hydrogens (tertiary/aromatic N) is 2. The van der Waals surface area contributed by atoms with E-state index in [-0.39, 0.29) is 0 Å². The molecule has 7 nitrogen and oxygen atoms in total. The highest BCUT2D eigenvalue weighted by atomic mass is 19.4. The Labute approximate surface area is 136 Å². The van der Waals surface area contributed by atoms with Crippen molar-refractivity contribution in [2.75, 3.05) is 11.9 Å². The standard InChI is InChI=1S/C12H11F6N3O4/c1-2-20(9(22)23)10(11(13,14)15,12(16,17)18)19-7-3-5-8(6-4-7)21(24)25/h3-6,19H,2H2,1H3,(H,22,23). The second-order valence-electron chi connectivity index (χ2n) is 4.66. The second-order valence-corrected chi connectivity index (χ2v) is 4.66. The van der Waals surface area contributed by atoms with Crippen molar-refractivity contribution < 1.29 is 41.2 Å². The highest BCUT2D eigenvalue weighted by Gasteiger charge is 2.75. The van der Waals surface area contributed by atoms with Crippen LogP contribution in [0.2, 0.25) is 0 Å². The molecule has 1 amide bonds. The highest BCUT2D eigenvalue weighted by molar-refractivity contribution is 5.68. The summed E-state index contributed by atoms with van der Waals surface area (Å²) in [4.78, 5) is 19.8. The van der Waals surface area contributed by atoms with E-state index in [2.05, 4.69) is 0 Å². The van der Waals surface area contributed by atoms with E-state index in [0.29, 0.717) is 24.3 Å². The Morgan fingerprint density at radius 3 is 1.88 bits per heavy atom. The van der Waals surface area contributed by atoms with Crippen LogP contribution in [0.1, 0.15) is 6.92 Å². The maximum Gasteiger partial charge on any atom is 0.440 e. The fourth-order valence-corrected chi connectivity index (χ4v) is 2.07. The molecule has 1 rings (SSSR count). The molecule has 13 heteroatoms. The molecule has 0 radical (unpaired) electrons. The molecule has 0 aliphatic rings. The summed E-state index contributed by atoms with van der Waals surface area (Å²) in [6, 6.07) is 2.58. The van der Waals surface area contributed by atoms with Gasteiger partial charge in [-0.1, -0.05) is 0 Å². The zero-order valence-corrected chi connectivity index (χ0v) is 12.4. The van der Waals surface area contributed by atoms with Crippen molar-refractivity contribution >= 4 is 17.5 Å². The van der Waals surface area contributed by atoms with E-state index in [0.717, 1.165) is 12.2 Å². The summed E-state index contributed by atoms with van der Waals surface area (Å²) < 4.78 is 80.2. The number of nitrogens with one attached hydrogen (secondary N) is 1. The predicted molar refractivity (Wildman–Crippen MR) is 72.0 cm³/mol. The molecule has 0 aliphatic heterocycles. The van der Waals surface area contributed by atoms with Gasteiger partial charge in [0, 0.05) is 24.4 Å². The molecular weight excluding hydrogens is 364 g/mol. The number of nitro benzene ring substituents is 1. The Hall–Kier alpha value is -2.73. The van der Waals surface area contributed by atoms with E-state index in [1.54, 1.807) is 0 Å². The first kappa shape index (κ1) is 20.3. The number of non-ortho nitro benzene ring substituents is 1. The molecule has 1 aromatic rings. The molecule has 0 aromatic heterocycles. The van der Waals surface area contributed by atoms with E-state index >= 15 is 0 Å². The molecule has 0 aliphatic carbocycles. The van der Waals surface area contributed by atoms with Gasteiger partial charge in [0.15, 0.2) is 0 Å². The van der Waals surface area contributed by atoms with Gasteiger partial charge in [0.25, 0.3) is 5.69 Å². The minimum Gasteiger partial charge on any atom is -0.465 e. The molecule has 2 N–H and O–H groups in total. The summed E-state index contributed by atoms with van der Waals surface area (Å²) >= 11 is 0. The van der Waals surface area contributed by atoms with Gasteiger partial charge in [-0.2, -0.15) is 26.3 Å². The van der Waals surface area contributed by atoms with Gasteiger partial charge >= 0.3 is 24.1 Å². The van der Waals surface area contributed by atoms with Crippen LogP contribution in [-0.4, -0.2) is 45.6 Å². The number of hydrogen-bond donors (Lipinski definition) is 2. The van der Waals surface area contributed by atoms with E-state index in [1.165, 1.54) is 0 Å². The average Bonchev–Trinajstić information content (AvgIpc) is 2.44.